The van der Waals surface area contributed by atoms with Gasteiger partial charge in [0, 0.05) is 69.1 Å². The predicted octanol–water partition coefficient (Wildman–Crippen LogP) is 14.5. The molecule has 0 aliphatic carbocycles. The van der Waals surface area contributed by atoms with E-state index in [0.717, 1.165) is 101 Å². The SMILES string of the molecule is CC(C)(C)c1ccc(C=O)cc1.Cc1ccc(C)c(C=O)c1.Cc1ccccc1C=O.O=Cc1ccc(Oc2ccccc2)cc1.O=Cc1cccnc1.O=Cc1ccncc1.O=Cc1ccoc1.O=Cc1ccsc1. The number of hydrogen-bond acceptors (Lipinski definition) is 13. The highest BCUT2D eigenvalue weighted by Gasteiger charge is 2.12. The normalized spacial score (nSPS) is 9.34. The maximum absolute atomic E-state index is 10.4. The first-order chi connectivity index (χ1) is 36.7. The van der Waals surface area contributed by atoms with Gasteiger partial charge in [0.1, 0.15) is 49.2 Å². The topological polar surface area (TPSA) is 185 Å². The molecular formula is C63H60N2O10S. The van der Waals surface area contributed by atoms with E-state index in [9.17, 15) is 38.4 Å². The molecule has 0 atom stereocenters. The molecule has 5 aromatic carbocycles. The number of ether oxygens (including phenoxy) is 1. The van der Waals surface area contributed by atoms with Crippen molar-refractivity contribution >= 4 is 61.6 Å². The summed E-state index contributed by atoms with van der Waals surface area (Å²) in [5.74, 6) is 1.52. The maximum Gasteiger partial charge on any atom is 0.153 e. The Bertz CT molecular complexity index is 2950. The molecule has 12 nitrogen and oxygen atoms in total. The molecule has 4 heterocycles. The first kappa shape index (κ1) is 62.7. The van der Waals surface area contributed by atoms with Crippen molar-refractivity contribution in [2.24, 2.45) is 0 Å². The molecular weight excluding hydrogens is 977 g/mol. The van der Waals surface area contributed by atoms with E-state index in [1.165, 1.54) is 35.6 Å². The Kier molecular flexibility index (Phi) is 30.8. The van der Waals surface area contributed by atoms with E-state index in [-0.39, 0.29) is 5.41 Å². The van der Waals surface area contributed by atoms with Gasteiger partial charge in [-0.05, 0) is 127 Å². The van der Waals surface area contributed by atoms with Gasteiger partial charge in [-0.3, -0.25) is 48.3 Å². The summed E-state index contributed by atoms with van der Waals surface area (Å²) in [6, 6.07) is 47.7. The van der Waals surface area contributed by atoms with Gasteiger partial charge in [0.2, 0.25) is 0 Å². The van der Waals surface area contributed by atoms with Crippen LogP contribution in [0.2, 0.25) is 0 Å². The summed E-state index contributed by atoms with van der Waals surface area (Å²) in [4.78, 5) is 88.5. The fraction of sp³-hybridized carbons (Fsp3) is 0.111. The van der Waals surface area contributed by atoms with Crippen molar-refractivity contribution in [3.63, 3.8) is 0 Å². The lowest BCUT2D eigenvalue weighted by atomic mass is 9.87. The van der Waals surface area contributed by atoms with E-state index in [1.807, 2.05) is 129 Å². The van der Waals surface area contributed by atoms with Crippen molar-refractivity contribution in [2.45, 2.75) is 47.0 Å². The molecule has 0 unspecified atom stereocenters. The third kappa shape index (κ3) is 26.8. The highest BCUT2D eigenvalue weighted by Crippen LogP contribution is 2.22. The van der Waals surface area contributed by atoms with Gasteiger partial charge in [0.15, 0.2) is 18.9 Å². The molecule has 9 aromatic rings. The second-order valence-corrected chi connectivity index (χ2v) is 17.5. The van der Waals surface area contributed by atoms with E-state index >= 15 is 0 Å². The maximum atomic E-state index is 10.4. The lowest BCUT2D eigenvalue weighted by molar-refractivity contribution is 0.111. The van der Waals surface area contributed by atoms with E-state index < -0.39 is 0 Å². The zero-order valence-corrected chi connectivity index (χ0v) is 44.0. The lowest BCUT2D eigenvalue weighted by Gasteiger charge is -2.18. The quantitative estimate of drug-likeness (QED) is 0.118. The van der Waals surface area contributed by atoms with Crippen molar-refractivity contribution < 1.29 is 47.5 Å². The van der Waals surface area contributed by atoms with E-state index in [0.29, 0.717) is 22.3 Å². The van der Waals surface area contributed by atoms with E-state index in [4.69, 9.17) is 4.74 Å². The third-order valence-corrected chi connectivity index (χ3v) is 10.5. The molecule has 0 aliphatic rings. The average Bonchev–Trinajstić information content (AvgIpc) is 4.22. The molecule has 76 heavy (non-hydrogen) atoms. The summed E-state index contributed by atoms with van der Waals surface area (Å²) in [6.45, 7) is 12.3. The Balaban J connectivity index is 0.000000301. The third-order valence-electron chi connectivity index (χ3n) is 9.81. The number of nitrogens with zero attached hydrogens (tertiary/aromatic N) is 2. The van der Waals surface area contributed by atoms with Gasteiger partial charge in [-0.15, -0.1) is 0 Å². The molecule has 0 saturated carbocycles. The lowest BCUT2D eigenvalue weighted by Crippen LogP contribution is -2.10. The number of para-hydroxylation sites is 1. The molecule has 0 N–H and O–H groups in total. The predicted molar refractivity (Wildman–Crippen MR) is 300 cm³/mol. The van der Waals surface area contributed by atoms with Gasteiger partial charge in [-0.2, -0.15) is 11.3 Å². The van der Waals surface area contributed by atoms with Crippen molar-refractivity contribution in [2.75, 3.05) is 0 Å². The van der Waals surface area contributed by atoms with Crippen LogP contribution in [0.15, 0.2) is 210 Å². The largest absolute Gasteiger partial charge is 0.472 e. The highest BCUT2D eigenvalue weighted by atomic mass is 32.1. The number of furan rings is 1. The van der Waals surface area contributed by atoms with Crippen LogP contribution < -0.4 is 4.74 Å². The second-order valence-electron chi connectivity index (χ2n) is 16.7. The molecule has 0 bridgehead atoms. The monoisotopic (exact) mass is 1040 g/mol. The summed E-state index contributed by atoms with van der Waals surface area (Å²) in [6.07, 6.45) is 15.8. The zero-order chi connectivity index (χ0) is 55.8. The first-order valence-electron chi connectivity index (χ1n) is 23.3. The molecule has 4 aromatic heterocycles. The molecule has 9 rings (SSSR count). The number of carbonyl (C=O) groups is 8. The summed E-state index contributed by atoms with van der Waals surface area (Å²) in [7, 11) is 0. The fourth-order valence-corrected chi connectivity index (χ4v) is 6.08. The van der Waals surface area contributed by atoms with Gasteiger partial charge in [0.05, 0.1) is 11.8 Å². The van der Waals surface area contributed by atoms with Crippen LogP contribution in [0.1, 0.15) is 126 Å². The number of thiophene rings is 1. The Morgan fingerprint density at radius 3 is 1.39 bits per heavy atom. The minimum Gasteiger partial charge on any atom is -0.472 e. The molecule has 0 spiro atoms. The number of aryl methyl sites for hydroxylation is 3. The Labute approximate surface area is 448 Å². The number of hydrogen-bond donors (Lipinski definition) is 0. The average molecular weight is 1040 g/mol. The molecule has 0 fully saturated rings. The number of benzene rings is 5. The summed E-state index contributed by atoms with van der Waals surface area (Å²) in [5, 5.41) is 3.69. The van der Waals surface area contributed by atoms with Crippen molar-refractivity contribution in [1.29, 1.82) is 0 Å². The Morgan fingerprint density at radius 2 is 0.987 bits per heavy atom. The smallest absolute Gasteiger partial charge is 0.153 e. The number of rotatable bonds is 10. The van der Waals surface area contributed by atoms with E-state index in [1.54, 1.807) is 79.3 Å². The van der Waals surface area contributed by atoms with Crippen molar-refractivity contribution in [1.82, 2.24) is 9.97 Å². The number of aldehydes is 8. The zero-order valence-electron chi connectivity index (χ0n) is 43.1. The van der Waals surface area contributed by atoms with Crippen LogP contribution in [-0.4, -0.2) is 60.3 Å². The van der Waals surface area contributed by atoms with Crippen LogP contribution in [0.25, 0.3) is 0 Å². The second kappa shape index (κ2) is 37.3. The van der Waals surface area contributed by atoms with Gasteiger partial charge < -0.3 is 9.15 Å². The van der Waals surface area contributed by atoms with Crippen molar-refractivity contribution in [3.8, 4) is 11.5 Å². The molecule has 0 radical (unpaired) electrons. The Hall–Kier alpha value is -9.46. The minimum absolute atomic E-state index is 0.168. The highest BCUT2D eigenvalue weighted by molar-refractivity contribution is 7.08. The Morgan fingerprint density at radius 1 is 0.447 bits per heavy atom. The summed E-state index contributed by atoms with van der Waals surface area (Å²) in [5.41, 5.74) is 10.2. The summed E-state index contributed by atoms with van der Waals surface area (Å²) < 4.78 is 10.1. The van der Waals surface area contributed by atoms with Gasteiger partial charge >= 0.3 is 0 Å². The van der Waals surface area contributed by atoms with Gasteiger partial charge in [-0.25, -0.2) is 0 Å². The van der Waals surface area contributed by atoms with Crippen LogP contribution in [-0.2, 0) is 5.41 Å². The summed E-state index contributed by atoms with van der Waals surface area (Å²) >= 11 is 1.53. The molecule has 13 heteroatoms. The van der Waals surface area contributed by atoms with Gasteiger partial charge in [0.25, 0.3) is 0 Å². The minimum atomic E-state index is 0.168. The van der Waals surface area contributed by atoms with Crippen LogP contribution in [0.5, 0.6) is 11.5 Å². The van der Waals surface area contributed by atoms with Crippen LogP contribution in [0, 0.1) is 20.8 Å². The first-order valence-corrected chi connectivity index (χ1v) is 24.2. The molecule has 0 saturated heterocycles. The van der Waals surface area contributed by atoms with Crippen LogP contribution in [0.3, 0.4) is 0 Å². The number of aromatic nitrogens is 2. The van der Waals surface area contributed by atoms with E-state index in [2.05, 4.69) is 35.2 Å². The molecule has 0 aliphatic heterocycles. The van der Waals surface area contributed by atoms with Crippen molar-refractivity contribution in [3.05, 3.63) is 273 Å². The van der Waals surface area contributed by atoms with Crippen LogP contribution >= 0.6 is 11.3 Å². The standard InChI is InChI=1S/C13H10O2.C11H14O.C9H10O.C8H8O.2C6H5NO.C5H4O2.C5H4OS/c14-10-11-6-8-13(9-7-11)15-12-4-2-1-3-5-12;1-11(2,3)10-6-4-9(8-12)5-7-10;1-7-3-4-8(2)9(5-7)6-10;1-7-4-2-3-5-8(7)6-9;8-5-6-1-3-7-4-2-6;8-5-6-2-1-3-7-4-6;2*6-3-5-1-2-7-4-5/h1-10H;4-8H,1-3H3;3-6H,1-2H3;2-6H,1H3;2*1-5H;2*1-4H. The van der Waals surface area contributed by atoms with Crippen LogP contribution in [0.4, 0.5) is 0 Å². The fourth-order valence-electron chi connectivity index (χ4n) is 5.48. The number of carbonyl (C=O) groups excluding carboxylic acids is 8. The molecule has 388 valence electrons. The molecule has 0 amide bonds. The van der Waals surface area contributed by atoms with Gasteiger partial charge in [-0.1, -0.05) is 105 Å². The number of pyridine rings is 2.